The van der Waals surface area contributed by atoms with Gasteiger partial charge in [0.2, 0.25) is 0 Å². The third-order valence-corrected chi connectivity index (χ3v) is 5.24. The molecule has 0 saturated carbocycles. The summed E-state index contributed by atoms with van der Waals surface area (Å²) in [5.41, 5.74) is 0.252. The highest BCUT2D eigenvalue weighted by Crippen LogP contribution is 2.36. The van der Waals surface area contributed by atoms with Crippen molar-refractivity contribution in [1.29, 1.82) is 0 Å². The number of nitrogens with one attached hydrogen (secondary N) is 1. The fraction of sp³-hybridized carbons (Fsp3) is 0.143. The Labute approximate surface area is 147 Å². The van der Waals surface area contributed by atoms with Crippen LogP contribution in [0.5, 0.6) is 11.5 Å². The van der Waals surface area contributed by atoms with Gasteiger partial charge in [-0.15, -0.1) is 0 Å². The number of hydrogen-bond acceptors (Lipinski definition) is 4. The van der Waals surface area contributed by atoms with Crippen LogP contribution < -0.4 is 14.2 Å². The van der Waals surface area contributed by atoms with Crippen LogP contribution in [0.25, 0.3) is 0 Å². The van der Waals surface area contributed by atoms with E-state index in [4.69, 9.17) is 21.1 Å². The molecule has 0 unspecified atom stereocenters. The van der Waals surface area contributed by atoms with Gasteiger partial charge in [0.15, 0.2) is 0 Å². The molecule has 118 valence electrons. The molecule has 0 atom stereocenters. The van der Waals surface area contributed by atoms with Gasteiger partial charge in [-0.25, -0.2) is 8.42 Å². The van der Waals surface area contributed by atoms with Crippen LogP contribution in [0.15, 0.2) is 41.3 Å². The van der Waals surface area contributed by atoms with Crippen molar-refractivity contribution < 1.29 is 17.9 Å². The highest BCUT2D eigenvalue weighted by molar-refractivity contribution is 14.1. The molecule has 0 aromatic heterocycles. The molecule has 0 heterocycles. The maximum atomic E-state index is 12.4. The van der Waals surface area contributed by atoms with E-state index in [0.29, 0.717) is 16.5 Å². The fourth-order valence-corrected chi connectivity index (χ4v) is 3.41. The molecule has 0 aliphatic heterocycles. The van der Waals surface area contributed by atoms with Gasteiger partial charge in [0, 0.05) is 15.7 Å². The van der Waals surface area contributed by atoms with Crippen LogP contribution in [0.4, 0.5) is 5.69 Å². The third-order valence-electron chi connectivity index (χ3n) is 2.84. The summed E-state index contributed by atoms with van der Waals surface area (Å²) in [7, 11) is -0.852. The van der Waals surface area contributed by atoms with E-state index in [0.717, 1.165) is 3.57 Å². The number of benzene rings is 2. The van der Waals surface area contributed by atoms with E-state index in [2.05, 4.69) is 27.3 Å². The highest BCUT2D eigenvalue weighted by Gasteiger charge is 2.18. The predicted octanol–water partition coefficient (Wildman–Crippen LogP) is 3.76. The number of rotatable bonds is 5. The summed E-state index contributed by atoms with van der Waals surface area (Å²) in [6.07, 6.45) is 0. The lowest BCUT2D eigenvalue weighted by molar-refractivity contribution is 0.405. The number of sulfonamides is 1. The first-order valence-electron chi connectivity index (χ1n) is 6.07. The second-order valence-corrected chi connectivity index (χ2v) is 7.58. The lowest BCUT2D eigenvalue weighted by atomic mass is 10.3. The Kier molecular flexibility index (Phi) is 5.41. The van der Waals surface area contributed by atoms with Crippen LogP contribution in [0.1, 0.15) is 0 Å². The minimum atomic E-state index is -3.73. The Morgan fingerprint density at radius 1 is 1.05 bits per heavy atom. The molecule has 0 aliphatic rings. The molecule has 0 saturated heterocycles. The normalized spacial score (nSPS) is 11.1. The van der Waals surface area contributed by atoms with E-state index in [-0.39, 0.29) is 10.6 Å². The first kappa shape index (κ1) is 17.2. The lowest BCUT2D eigenvalue weighted by Crippen LogP contribution is -2.13. The number of ether oxygens (including phenoxy) is 2. The highest BCUT2D eigenvalue weighted by atomic mass is 127. The van der Waals surface area contributed by atoms with E-state index < -0.39 is 10.0 Å². The molecule has 5 nitrogen and oxygen atoms in total. The topological polar surface area (TPSA) is 64.6 Å². The predicted molar refractivity (Wildman–Crippen MR) is 94.5 cm³/mol. The molecule has 2 aromatic carbocycles. The summed E-state index contributed by atoms with van der Waals surface area (Å²) in [5, 5.41) is 0.330. The molecule has 2 rings (SSSR count). The zero-order chi connectivity index (χ0) is 16.3. The molecule has 0 radical (unpaired) electrons. The lowest BCUT2D eigenvalue weighted by Gasteiger charge is -2.14. The van der Waals surface area contributed by atoms with E-state index in [1.54, 1.807) is 12.1 Å². The Hall–Kier alpha value is -1.19. The van der Waals surface area contributed by atoms with Gasteiger partial charge in [-0.3, -0.25) is 4.72 Å². The Morgan fingerprint density at radius 3 is 2.18 bits per heavy atom. The van der Waals surface area contributed by atoms with Crippen LogP contribution in [-0.4, -0.2) is 22.6 Å². The first-order valence-corrected chi connectivity index (χ1v) is 9.01. The monoisotopic (exact) mass is 453 g/mol. The zero-order valence-electron chi connectivity index (χ0n) is 11.8. The molecule has 0 spiro atoms. The standard InChI is InChI=1S/C14H13ClINO4S/c1-20-13-8-12(14(21-2)7-11(13)15)17-22(18,19)10-5-3-9(16)4-6-10/h3-8,17H,1-2H3. The largest absolute Gasteiger partial charge is 0.495 e. The van der Waals surface area contributed by atoms with Crippen molar-refractivity contribution in [1.82, 2.24) is 0 Å². The number of hydrogen-bond donors (Lipinski definition) is 1. The molecule has 0 bridgehead atoms. The average molecular weight is 454 g/mol. The summed E-state index contributed by atoms with van der Waals surface area (Å²) in [6, 6.07) is 9.47. The van der Waals surface area contributed by atoms with Gasteiger partial charge < -0.3 is 9.47 Å². The van der Waals surface area contributed by atoms with Gasteiger partial charge in [-0.1, -0.05) is 11.6 Å². The van der Waals surface area contributed by atoms with Crippen molar-refractivity contribution in [3.63, 3.8) is 0 Å². The summed E-state index contributed by atoms with van der Waals surface area (Å²) in [4.78, 5) is 0.156. The Morgan fingerprint density at radius 2 is 1.64 bits per heavy atom. The second-order valence-electron chi connectivity index (χ2n) is 4.25. The molecular formula is C14H13ClINO4S. The molecular weight excluding hydrogens is 441 g/mol. The number of anilines is 1. The maximum Gasteiger partial charge on any atom is 0.262 e. The average Bonchev–Trinajstić information content (AvgIpc) is 2.48. The summed E-state index contributed by atoms with van der Waals surface area (Å²) >= 11 is 8.11. The van der Waals surface area contributed by atoms with Gasteiger partial charge in [0.1, 0.15) is 11.5 Å². The van der Waals surface area contributed by atoms with Gasteiger partial charge in [-0.2, -0.15) is 0 Å². The summed E-state index contributed by atoms with van der Waals surface area (Å²) < 4.78 is 38.5. The second kappa shape index (κ2) is 6.93. The van der Waals surface area contributed by atoms with Crippen LogP contribution >= 0.6 is 34.2 Å². The maximum absolute atomic E-state index is 12.4. The first-order chi connectivity index (χ1) is 10.4. The minimum absolute atomic E-state index is 0.156. The van der Waals surface area contributed by atoms with Crippen molar-refractivity contribution in [2.45, 2.75) is 4.90 Å². The van der Waals surface area contributed by atoms with E-state index in [1.807, 2.05) is 0 Å². The van der Waals surface area contributed by atoms with Gasteiger partial charge in [0.05, 0.1) is 29.8 Å². The Balaban J connectivity index is 2.42. The molecule has 2 aromatic rings. The van der Waals surface area contributed by atoms with Gasteiger partial charge in [0.25, 0.3) is 10.0 Å². The van der Waals surface area contributed by atoms with Crippen LogP contribution in [0, 0.1) is 3.57 Å². The zero-order valence-corrected chi connectivity index (χ0v) is 15.5. The molecule has 0 amide bonds. The van der Waals surface area contributed by atoms with E-state index >= 15 is 0 Å². The van der Waals surface area contributed by atoms with Gasteiger partial charge in [-0.05, 0) is 46.9 Å². The quantitative estimate of drug-likeness (QED) is 0.700. The third kappa shape index (κ3) is 3.76. The smallest absolute Gasteiger partial charge is 0.262 e. The van der Waals surface area contributed by atoms with Gasteiger partial charge >= 0.3 is 0 Å². The van der Waals surface area contributed by atoms with Crippen molar-refractivity contribution in [2.24, 2.45) is 0 Å². The number of methoxy groups -OCH3 is 2. The fourth-order valence-electron chi connectivity index (χ4n) is 1.76. The summed E-state index contributed by atoms with van der Waals surface area (Å²) in [5.74, 6) is 0.655. The van der Waals surface area contributed by atoms with Crippen LogP contribution in [0.3, 0.4) is 0 Å². The van der Waals surface area contributed by atoms with Crippen LogP contribution in [-0.2, 0) is 10.0 Å². The molecule has 0 fully saturated rings. The van der Waals surface area contributed by atoms with Crippen LogP contribution in [0.2, 0.25) is 5.02 Å². The summed E-state index contributed by atoms with van der Waals surface area (Å²) in [6.45, 7) is 0. The Bertz CT molecular complexity index is 778. The van der Waals surface area contributed by atoms with E-state index in [1.165, 1.54) is 38.5 Å². The van der Waals surface area contributed by atoms with E-state index in [9.17, 15) is 8.42 Å². The SMILES string of the molecule is COc1cc(NS(=O)(=O)c2ccc(I)cc2)c(OC)cc1Cl. The molecule has 8 heteroatoms. The molecule has 0 aliphatic carbocycles. The number of halogens is 2. The molecule has 1 N–H and O–H groups in total. The van der Waals surface area contributed by atoms with Crippen molar-refractivity contribution in [3.05, 3.63) is 45.0 Å². The van der Waals surface area contributed by atoms with Crippen molar-refractivity contribution in [2.75, 3.05) is 18.9 Å². The minimum Gasteiger partial charge on any atom is -0.495 e. The van der Waals surface area contributed by atoms with Crippen molar-refractivity contribution >= 4 is 49.9 Å². The van der Waals surface area contributed by atoms with Crippen molar-refractivity contribution in [3.8, 4) is 11.5 Å². The molecule has 22 heavy (non-hydrogen) atoms.